The molecule has 0 radical (unpaired) electrons. The molecule has 4 atom stereocenters. The third-order valence-electron chi connectivity index (χ3n) is 10.0. The molecule has 1 aromatic carbocycles. The van der Waals surface area contributed by atoms with Crippen LogP contribution in [0.1, 0.15) is 57.4 Å². The lowest BCUT2D eigenvalue weighted by Crippen LogP contribution is -2.57. The molecule has 0 amide bonds. The van der Waals surface area contributed by atoms with Gasteiger partial charge in [0.2, 0.25) is 0 Å². The van der Waals surface area contributed by atoms with Crippen molar-refractivity contribution in [3.8, 4) is 0 Å². The lowest BCUT2D eigenvalue weighted by Gasteiger charge is -2.55. The van der Waals surface area contributed by atoms with Crippen molar-refractivity contribution < 1.29 is 14.2 Å². The second-order valence-corrected chi connectivity index (χ2v) is 11.5. The van der Waals surface area contributed by atoms with Gasteiger partial charge in [-0.05, 0) is 78.8 Å². The van der Waals surface area contributed by atoms with Crippen molar-refractivity contribution >= 4 is 16.3 Å². The van der Waals surface area contributed by atoms with E-state index in [9.17, 15) is 0 Å². The van der Waals surface area contributed by atoms with Crippen LogP contribution >= 0.6 is 0 Å². The maximum Gasteiger partial charge on any atom is 0.194 e. The van der Waals surface area contributed by atoms with Gasteiger partial charge in [-0.25, -0.2) is 0 Å². The number of pyridine rings is 1. The molecule has 8 rings (SSSR count). The number of benzene rings is 1. The zero-order chi connectivity index (χ0) is 22.6. The minimum Gasteiger partial charge on any atom is -0.359 e. The van der Waals surface area contributed by atoms with Crippen LogP contribution in [0.25, 0.3) is 16.3 Å². The van der Waals surface area contributed by atoms with Crippen molar-refractivity contribution in [1.29, 1.82) is 0 Å². The molecule has 2 aromatic rings. The van der Waals surface area contributed by atoms with Gasteiger partial charge in [0.25, 0.3) is 0 Å². The summed E-state index contributed by atoms with van der Waals surface area (Å²) < 4.78 is 19.9. The Kier molecular flexibility index (Phi) is 3.81. The van der Waals surface area contributed by atoms with Crippen molar-refractivity contribution in [2.75, 3.05) is 13.2 Å². The SMILES string of the molecule is C[C@]12CC=C3C=C4C5(CCC[C@]46CC[C@]3(O6)[C@@H]1CC=C2c1ccc2ccncc2c1)OCCO5. The van der Waals surface area contributed by atoms with Crippen LogP contribution in [0, 0.1) is 11.3 Å². The Hall–Kier alpha value is -2.27. The molecule has 3 aliphatic heterocycles. The molecule has 1 saturated carbocycles. The standard InChI is InChI=1S/C30H31NO3/c1-27-11-7-23-18-26-28(9-2-10-30(26)32-15-16-33-30)12-13-29(23,34-28)25(27)6-5-24(27)21-4-3-20-8-14-31-19-22(20)17-21/h3-5,7-8,14,17-19,25H,2,6,9-13,15-16H2,1H3/t25-,27-,28+,29-/m1/s1. The molecule has 1 aromatic heterocycles. The molecular weight excluding hydrogens is 422 g/mol. The highest BCUT2D eigenvalue weighted by Gasteiger charge is 2.68. The van der Waals surface area contributed by atoms with Crippen molar-refractivity contribution in [3.63, 3.8) is 0 Å². The van der Waals surface area contributed by atoms with Crippen molar-refractivity contribution in [2.24, 2.45) is 11.3 Å². The summed E-state index contributed by atoms with van der Waals surface area (Å²) in [6.45, 7) is 3.85. The number of rotatable bonds is 1. The molecule has 3 spiro atoms. The molecule has 0 unspecified atom stereocenters. The summed E-state index contributed by atoms with van der Waals surface area (Å²) in [4.78, 5) is 4.36. The van der Waals surface area contributed by atoms with Crippen LogP contribution in [-0.4, -0.2) is 35.2 Å². The number of ether oxygens (including phenoxy) is 3. The second kappa shape index (κ2) is 6.48. The van der Waals surface area contributed by atoms with E-state index in [0.717, 1.165) is 44.9 Å². The van der Waals surface area contributed by atoms with Crippen molar-refractivity contribution in [2.45, 2.75) is 68.9 Å². The van der Waals surface area contributed by atoms with Gasteiger partial charge < -0.3 is 14.2 Å². The van der Waals surface area contributed by atoms with E-state index in [4.69, 9.17) is 14.2 Å². The Bertz CT molecular complexity index is 1320. The zero-order valence-corrected chi connectivity index (χ0v) is 19.8. The normalized spacial score (nSPS) is 39.3. The smallest absolute Gasteiger partial charge is 0.194 e. The van der Waals surface area contributed by atoms with Gasteiger partial charge >= 0.3 is 0 Å². The van der Waals surface area contributed by atoms with E-state index >= 15 is 0 Å². The summed E-state index contributed by atoms with van der Waals surface area (Å²) in [5.74, 6) is -0.0887. The number of hydrogen-bond acceptors (Lipinski definition) is 4. The molecule has 0 N–H and O–H groups in total. The molecule has 2 saturated heterocycles. The van der Waals surface area contributed by atoms with Crippen LogP contribution < -0.4 is 0 Å². The number of aromatic nitrogens is 1. The van der Waals surface area contributed by atoms with E-state index in [1.165, 1.54) is 33.1 Å². The molecule has 6 aliphatic rings. The maximum absolute atomic E-state index is 7.36. The first-order valence-corrected chi connectivity index (χ1v) is 13.0. The molecular formula is C30H31NO3. The molecule has 34 heavy (non-hydrogen) atoms. The molecule has 3 fully saturated rings. The Morgan fingerprint density at radius 1 is 0.971 bits per heavy atom. The molecule has 4 heteroatoms. The molecule has 4 heterocycles. The minimum atomic E-state index is -0.547. The van der Waals surface area contributed by atoms with Crippen molar-refractivity contribution in [3.05, 3.63) is 71.6 Å². The third kappa shape index (κ3) is 2.33. The molecule has 4 nitrogen and oxygen atoms in total. The fourth-order valence-electron chi connectivity index (χ4n) is 8.48. The first-order valence-electron chi connectivity index (χ1n) is 13.0. The van der Waals surface area contributed by atoms with E-state index in [-0.39, 0.29) is 16.6 Å². The fourth-order valence-corrected chi connectivity index (χ4v) is 8.48. The van der Waals surface area contributed by atoms with E-state index in [2.05, 4.69) is 54.4 Å². The van der Waals surface area contributed by atoms with Crippen LogP contribution in [0.4, 0.5) is 0 Å². The number of fused-ring (bicyclic) bond motifs is 3. The zero-order valence-electron chi connectivity index (χ0n) is 19.8. The maximum atomic E-state index is 7.36. The minimum absolute atomic E-state index is 0.0724. The Balaban J connectivity index is 1.23. The van der Waals surface area contributed by atoms with Crippen molar-refractivity contribution in [1.82, 2.24) is 4.98 Å². The van der Waals surface area contributed by atoms with Gasteiger partial charge in [0.1, 0.15) is 0 Å². The van der Waals surface area contributed by atoms with Crippen LogP contribution in [0.15, 0.2) is 66.0 Å². The lowest BCUT2D eigenvalue weighted by atomic mass is 9.58. The van der Waals surface area contributed by atoms with Crippen LogP contribution in [0.3, 0.4) is 0 Å². The van der Waals surface area contributed by atoms with Crippen LogP contribution in [-0.2, 0) is 14.2 Å². The fraction of sp³-hybridized carbons (Fsp3) is 0.500. The quantitative estimate of drug-likeness (QED) is 0.521. The van der Waals surface area contributed by atoms with Gasteiger partial charge in [0.05, 0.1) is 24.4 Å². The number of hydrogen-bond donors (Lipinski definition) is 0. The molecule has 3 aliphatic carbocycles. The predicted octanol–water partition coefficient (Wildman–Crippen LogP) is 6.13. The van der Waals surface area contributed by atoms with E-state index in [1.54, 1.807) is 0 Å². The van der Waals surface area contributed by atoms with Crippen LogP contribution in [0.2, 0.25) is 0 Å². The van der Waals surface area contributed by atoms with Gasteiger partial charge in [0, 0.05) is 41.1 Å². The largest absolute Gasteiger partial charge is 0.359 e. The summed E-state index contributed by atoms with van der Waals surface area (Å²) in [7, 11) is 0. The topological polar surface area (TPSA) is 40.6 Å². The average Bonchev–Trinajstić information content (AvgIpc) is 3.54. The third-order valence-corrected chi connectivity index (χ3v) is 10.0. The average molecular weight is 454 g/mol. The van der Waals surface area contributed by atoms with E-state index in [0.29, 0.717) is 19.1 Å². The van der Waals surface area contributed by atoms with E-state index < -0.39 is 5.79 Å². The second-order valence-electron chi connectivity index (χ2n) is 11.5. The number of allylic oxidation sites excluding steroid dienone is 3. The first kappa shape index (κ1) is 20.0. The molecule has 2 bridgehead atoms. The summed E-state index contributed by atoms with van der Waals surface area (Å²) in [6.07, 6.45) is 18.7. The summed E-state index contributed by atoms with van der Waals surface area (Å²) in [5.41, 5.74) is 5.15. The highest BCUT2D eigenvalue weighted by Crippen LogP contribution is 2.68. The summed E-state index contributed by atoms with van der Waals surface area (Å²) in [5, 5.41) is 2.46. The first-order chi connectivity index (χ1) is 16.6. The van der Waals surface area contributed by atoms with E-state index in [1.807, 2.05) is 12.4 Å². The van der Waals surface area contributed by atoms with Gasteiger partial charge in [-0.3, -0.25) is 4.98 Å². The van der Waals surface area contributed by atoms with Gasteiger partial charge in [0.15, 0.2) is 5.79 Å². The van der Waals surface area contributed by atoms with Gasteiger partial charge in [-0.2, -0.15) is 0 Å². The Labute approximate surface area is 200 Å². The van der Waals surface area contributed by atoms with Crippen LogP contribution in [0.5, 0.6) is 0 Å². The summed E-state index contributed by atoms with van der Waals surface area (Å²) in [6, 6.07) is 8.96. The highest BCUT2D eigenvalue weighted by atomic mass is 16.7. The lowest BCUT2D eigenvalue weighted by molar-refractivity contribution is -0.198. The highest BCUT2D eigenvalue weighted by molar-refractivity contribution is 5.87. The Morgan fingerprint density at radius 3 is 2.79 bits per heavy atom. The summed E-state index contributed by atoms with van der Waals surface area (Å²) >= 11 is 0. The predicted molar refractivity (Wildman–Crippen MR) is 131 cm³/mol. The van der Waals surface area contributed by atoms with Gasteiger partial charge in [-0.15, -0.1) is 0 Å². The monoisotopic (exact) mass is 453 g/mol. The molecule has 174 valence electrons. The van der Waals surface area contributed by atoms with Gasteiger partial charge in [-0.1, -0.05) is 31.2 Å². The Morgan fingerprint density at radius 2 is 1.88 bits per heavy atom. The number of nitrogens with zero attached hydrogens (tertiary/aromatic N) is 1.